The summed E-state index contributed by atoms with van der Waals surface area (Å²) in [6.45, 7) is 8.04. The highest BCUT2D eigenvalue weighted by Gasteiger charge is 2.47. The molecule has 1 unspecified atom stereocenters. The first-order valence-corrected chi connectivity index (χ1v) is 12.9. The molecule has 3 aromatic carbocycles. The molecule has 0 saturated carbocycles. The summed E-state index contributed by atoms with van der Waals surface area (Å²) in [6, 6.07) is 18.3. The molecule has 37 heavy (non-hydrogen) atoms. The lowest BCUT2D eigenvalue weighted by Gasteiger charge is -2.27. The maximum Gasteiger partial charge on any atom is 0.300 e. The van der Waals surface area contributed by atoms with Gasteiger partial charge in [-0.05, 0) is 74.9 Å². The number of carbonyl (C=O) groups is 2. The smallest absolute Gasteiger partial charge is 0.300 e. The van der Waals surface area contributed by atoms with Crippen LogP contribution in [0.4, 0.5) is 11.4 Å². The van der Waals surface area contributed by atoms with E-state index in [2.05, 4.69) is 18.7 Å². The van der Waals surface area contributed by atoms with Gasteiger partial charge in [0.15, 0.2) is 0 Å². The summed E-state index contributed by atoms with van der Waals surface area (Å²) < 4.78 is 5.56. The van der Waals surface area contributed by atoms with Gasteiger partial charge in [-0.1, -0.05) is 41.4 Å². The van der Waals surface area contributed by atoms with Crippen molar-refractivity contribution >= 4 is 52.0 Å². The van der Waals surface area contributed by atoms with Crippen LogP contribution in [0.3, 0.4) is 0 Å². The zero-order valence-corrected chi connectivity index (χ0v) is 22.4. The summed E-state index contributed by atoms with van der Waals surface area (Å²) in [4.78, 5) is 30.4. The van der Waals surface area contributed by atoms with Gasteiger partial charge in [0, 0.05) is 35.1 Å². The highest BCUT2D eigenvalue weighted by molar-refractivity contribution is 6.51. The van der Waals surface area contributed by atoms with Crippen molar-refractivity contribution in [2.45, 2.75) is 26.8 Å². The van der Waals surface area contributed by atoms with Gasteiger partial charge in [-0.25, -0.2) is 0 Å². The van der Waals surface area contributed by atoms with Gasteiger partial charge in [0.2, 0.25) is 0 Å². The van der Waals surface area contributed by atoms with Gasteiger partial charge in [0.05, 0.1) is 23.2 Å². The van der Waals surface area contributed by atoms with Gasteiger partial charge in [0.25, 0.3) is 11.7 Å². The number of benzene rings is 3. The number of amides is 1. The lowest BCUT2D eigenvalue weighted by molar-refractivity contribution is -0.132. The number of aliphatic hydroxyl groups excluding tert-OH is 1. The Balaban J connectivity index is 1.90. The molecule has 0 aromatic heterocycles. The molecule has 0 spiro atoms. The average Bonchev–Trinajstić information content (AvgIpc) is 3.16. The van der Waals surface area contributed by atoms with Crippen molar-refractivity contribution in [3.8, 4) is 5.75 Å². The standard InChI is InChI=1S/C29H28Cl2N2O4/c1-4-32(5-2)21-13-10-18(11-14-21)26-25(27(34)19-12-15-23(31)24(16-19)37-6-3)28(35)29(36)33(26)22-9-7-8-20(30)17-22/h7-17,26,34H,4-6H2,1-3H3/b27-25+. The highest BCUT2D eigenvalue weighted by atomic mass is 35.5. The summed E-state index contributed by atoms with van der Waals surface area (Å²) in [5.41, 5.74) is 2.45. The number of hydrogen-bond acceptors (Lipinski definition) is 5. The van der Waals surface area contributed by atoms with Crippen LogP contribution in [0.25, 0.3) is 5.76 Å². The quantitative estimate of drug-likeness (QED) is 0.192. The predicted octanol–water partition coefficient (Wildman–Crippen LogP) is 6.86. The van der Waals surface area contributed by atoms with Crippen LogP contribution in [-0.4, -0.2) is 36.5 Å². The average molecular weight is 539 g/mol. The monoisotopic (exact) mass is 538 g/mol. The van der Waals surface area contributed by atoms with Gasteiger partial charge in [0.1, 0.15) is 11.5 Å². The molecule has 1 atom stereocenters. The molecular weight excluding hydrogens is 511 g/mol. The fraction of sp³-hybridized carbons (Fsp3) is 0.241. The summed E-state index contributed by atoms with van der Waals surface area (Å²) in [5.74, 6) is -1.47. The van der Waals surface area contributed by atoms with E-state index < -0.39 is 17.7 Å². The Morgan fingerprint density at radius 3 is 2.30 bits per heavy atom. The van der Waals surface area contributed by atoms with Gasteiger partial charge < -0.3 is 14.7 Å². The number of rotatable bonds is 8. The second-order valence-corrected chi connectivity index (χ2v) is 9.33. The molecule has 0 aliphatic carbocycles. The Hall–Kier alpha value is -3.48. The fourth-order valence-electron chi connectivity index (χ4n) is 4.57. The Labute approximate surface area is 226 Å². The van der Waals surface area contributed by atoms with Gasteiger partial charge >= 0.3 is 0 Å². The van der Waals surface area contributed by atoms with Gasteiger partial charge in [-0.15, -0.1) is 0 Å². The lowest BCUT2D eigenvalue weighted by atomic mass is 9.94. The molecule has 1 saturated heterocycles. The van der Waals surface area contributed by atoms with Crippen molar-refractivity contribution in [2.24, 2.45) is 0 Å². The second kappa shape index (κ2) is 11.3. The van der Waals surface area contributed by atoms with Crippen molar-refractivity contribution in [2.75, 3.05) is 29.5 Å². The minimum atomic E-state index is -0.865. The molecule has 8 heteroatoms. The fourth-order valence-corrected chi connectivity index (χ4v) is 4.93. The molecule has 1 aliphatic heterocycles. The molecule has 1 N–H and O–H groups in total. The Morgan fingerprint density at radius 2 is 1.68 bits per heavy atom. The number of hydrogen-bond donors (Lipinski definition) is 1. The maximum absolute atomic E-state index is 13.4. The van der Waals surface area contributed by atoms with Crippen molar-refractivity contribution in [1.29, 1.82) is 0 Å². The third-order valence-corrected chi connectivity index (χ3v) is 6.92. The number of aliphatic hydroxyl groups is 1. The van der Waals surface area contributed by atoms with E-state index >= 15 is 0 Å². The van der Waals surface area contributed by atoms with E-state index in [0.717, 1.165) is 18.8 Å². The number of Topliss-reactive ketones (excluding diaryl/α,β-unsaturated/α-hetero) is 1. The number of carbonyl (C=O) groups excluding carboxylic acids is 2. The minimum absolute atomic E-state index is 0.0228. The van der Waals surface area contributed by atoms with E-state index in [1.165, 1.54) is 4.90 Å². The largest absolute Gasteiger partial charge is 0.507 e. The highest BCUT2D eigenvalue weighted by Crippen LogP contribution is 2.43. The number of ether oxygens (including phenoxy) is 1. The second-order valence-electron chi connectivity index (χ2n) is 8.49. The van der Waals surface area contributed by atoms with Gasteiger partial charge in [-0.2, -0.15) is 0 Å². The van der Waals surface area contributed by atoms with E-state index in [9.17, 15) is 14.7 Å². The normalized spacial score (nSPS) is 16.8. The van der Waals surface area contributed by atoms with Crippen LogP contribution in [0, 0.1) is 0 Å². The first kappa shape index (κ1) is 26.6. The molecule has 1 aliphatic rings. The van der Waals surface area contributed by atoms with E-state index in [-0.39, 0.29) is 11.3 Å². The van der Waals surface area contributed by atoms with Crippen LogP contribution in [0.15, 0.2) is 72.3 Å². The summed E-state index contributed by atoms with van der Waals surface area (Å²) in [5, 5.41) is 12.2. The third-order valence-electron chi connectivity index (χ3n) is 6.37. The number of halogens is 2. The predicted molar refractivity (Wildman–Crippen MR) is 149 cm³/mol. The molecule has 0 radical (unpaired) electrons. The van der Waals surface area contributed by atoms with Crippen LogP contribution in [0.1, 0.15) is 37.9 Å². The van der Waals surface area contributed by atoms with E-state index in [0.29, 0.717) is 39.2 Å². The van der Waals surface area contributed by atoms with Crippen molar-refractivity contribution in [3.05, 3.63) is 93.5 Å². The molecule has 4 rings (SSSR count). The van der Waals surface area contributed by atoms with Crippen LogP contribution in [-0.2, 0) is 9.59 Å². The summed E-state index contributed by atoms with van der Waals surface area (Å²) in [7, 11) is 0. The van der Waals surface area contributed by atoms with E-state index in [4.69, 9.17) is 27.9 Å². The molecule has 3 aromatic rings. The van der Waals surface area contributed by atoms with E-state index in [1.54, 1.807) is 42.5 Å². The van der Waals surface area contributed by atoms with Crippen LogP contribution in [0.5, 0.6) is 5.75 Å². The molecule has 1 heterocycles. The van der Waals surface area contributed by atoms with Crippen LogP contribution >= 0.6 is 23.2 Å². The Morgan fingerprint density at radius 1 is 0.973 bits per heavy atom. The summed E-state index contributed by atoms with van der Waals surface area (Å²) >= 11 is 12.5. The molecule has 6 nitrogen and oxygen atoms in total. The lowest BCUT2D eigenvalue weighted by Crippen LogP contribution is -2.29. The zero-order valence-electron chi connectivity index (χ0n) is 20.9. The Bertz CT molecular complexity index is 1350. The molecule has 192 valence electrons. The number of ketones is 1. The molecule has 1 fully saturated rings. The minimum Gasteiger partial charge on any atom is -0.507 e. The van der Waals surface area contributed by atoms with Crippen molar-refractivity contribution in [3.63, 3.8) is 0 Å². The topological polar surface area (TPSA) is 70.1 Å². The zero-order chi connectivity index (χ0) is 26.7. The maximum atomic E-state index is 13.4. The molecular formula is C29H28Cl2N2O4. The SMILES string of the molecule is CCOc1cc(/C(O)=C2\C(=O)C(=O)N(c3cccc(Cl)c3)C2c2ccc(N(CC)CC)cc2)ccc1Cl. The number of anilines is 2. The Kier molecular flexibility index (Phi) is 8.10. The first-order valence-electron chi connectivity index (χ1n) is 12.1. The first-order chi connectivity index (χ1) is 17.8. The van der Waals surface area contributed by atoms with Crippen LogP contribution < -0.4 is 14.5 Å². The summed E-state index contributed by atoms with van der Waals surface area (Å²) in [6.07, 6.45) is 0. The van der Waals surface area contributed by atoms with Crippen LogP contribution in [0.2, 0.25) is 10.0 Å². The van der Waals surface area contributed by atoms with Gasteiger partial charge in [-0.3, -0.25) is 14.5 Å². The van der Waals surface area contributed by atoms with E-state index in [1.807, 2.05) is 31.2 Å². The number of nitrogens with zero attached hydrogens (tertiary/aromatic N) is 2. The van der Waals surface area contributed by atoms with Crippen molar-refractivity contribution in [1.82, 2.24) is 0 Å². The molecule has 0 bridgehead atoms. The van der Waals surface area contributed by atoms with Crippen molar-refractivity contribution < 1.29 is 19.4 Å². The molecule has 1 amide bonds. The third kappa shape index (κ3) is 5.17.